The maximum Gasteiger partial charge on any atom is 0.300 e. The second kappa shape index (κ2) is 9.18. The lowest BCUT2D eigenvalue weighted by atomic mass is 9.84. The number of anilines is 1. The predicted octanol–water partition coefficient (Wildman–Crippen LogP) is 7.04. The molecule has 1 amide bonds. The SMILES string of the molecule is Cc1ccc(C(C)(C)C)cc1/C(O)=C1\C(=O)C(=O)N(c2ccc(C(C)C)cc2)C1c1ccccc1. The van der Waals surface area contributed by atoms with E-state index in [9.17, 15) is 14.7 Å². The molecule has 1 aliphatic rings. The van der Waals surface area contributed by atoms with Crippen molar-refractivity contribution in [1.29, 1.82) is 0 Å². The van der Waals surface area contributed by atoms with Crippen molar-refractivity contribution in [3.8, 4) is 0 Å². The smallest absolute Gasteiger partial charge is 0.300 e. The summed E-state index contributed by atoms with van der Waals surface area (Å²) in [7, 11) is 0. The van der Waals surface area contributed by atoms with Gasteiger partial charge in [-0.25, -0.2) is 0 Å². The highest BCUT2D eigenvalue weighted by molar-refractivity contribution is 6.51. The zero-order valence-corrected chi connectivity index (χ0v) is 21.3. The van der Waals surface area contributed by atoms with E-state index in [2.05, 4.69) is 34.6 Å². The number of Topliss-reactive ketones (excluding diaryl/α,β-unsaturated/α-hetero) is 1. The number of rotatable bonds is 4. The number of nitrogens with zero attached hydrogens (tertiary/aromatic N) is 1. The van der Waals surface area contributed by atoms with Gasteiger partial charge in [0, 0.05) is 11.3 Å². The zero-order chi connectivity index (χ0) is 25.5. The van der Waals surface area contributed by atoms with Gasteiger partial charge in [-0.2, -0.15) is 0 Å². The molecule has 0 spiro atoms. The minimum atomic E-state index is -0.723. The average Bonchev–Trinajstić information content (AvgIpc) is 3.09. The molecule has 4 nitrogen and oxygen atoms in total. The molecule has 0 aromatic heterocycles. The number of aliphatic hydroxyl groups is 1. The molecule has 3 aromatic carbocycles. The monoisotopic (exact) mass is 467 g/mol. The summed E-state index contributed by atoms with van der Waals surface area (Å²) in [6.45, 7) is 12.4. The van der Waals surface area contributed by atoms with Crippen LogP contribution in [-0.2, 0) is 15.0 Å². The van der Waals surface area contributed by atoms with Crippen LogP contribution < -0.4 is 4.90 Å². The maximum absolute atomic E-state index is 13.4. The fraction of sp³-hybridized carbons (Fsp3) is 0.290. The third-order valence-corrected chi connectivity index (χ3v) is 6.76. The first kappa shape index (κ1) is 24.5. The first-order valence-corrected chi connectivity index (χ1v) is 12.1. The van der Waals surface area contributed by atoms with E-state index >= 15 is 0 Å². The van der Waals surface area contributed by atoms with Crippen LogP contribution in [0, 0.1) is 6.92 Å². The molecular weight excluding hydrogens is 434 g/mol. The van der Waals surface area contributed by atoms with Crippen LogP contribution in [0.1, 0.15) is 74.4 Å². The maximum atomic E-state index is 13.4. The molecule has 1 unspecified atom stereocenters. The van der Waals surface area contributed by atoms with Gasteiger partial charge >= 0.3 is 0 Å². The second-order valence-corrected chi connectivity index (χ2v) is 10.6. The summed E-state index contributed by atoms with van der Waals surface area (Å²) in [6, 6.07) is 22.3. The van der Waals surface area contributed by atoms with Gasteiger partial charge in [-0.1, -0.05) is 89.2 Å². The van der Waals surface area contributed by atoms with E-state index in [1.54, 1.807) is 0 Å². The van der Waals surface area contributed by atoms with Crippen LogP contribution in [-0.4, -0.2) is 16.8 Å². The Labute approximate surface area is 207 Å². The zero-order valence-electron chi connectivity index (χ0n) is 21.3. The van der Waals surface area contributed by atoms with Gasteiger partial charge in [-0.3, -0.25) is 14.5 Å². The summed E-state index contributed by atoms with van der Waals surface area (Å²) >= 11 is 0. The summed E-state index contributed by atoms with van der Waals surface area (Å²) in [4.78, 5) is 28.4. The largest absolute Gasteiger partial charge is 0.507 e. The van der Waals surface area contributed by atoms with E-state index in [1.807, 2.05) is 79.7 Å². The van der Waals surface area contributed by atoms with Crippen molar-refractivity contribution < 1.29 is 14.7 Å². The van der Waals surface area contributed by atoms with E-state index in [0.29, 0.717) is 17.2 Å². The Bertz CT molecular complexity index is 1300. The molecule has 180 valence electrons. The number of carbonyl (C=O) groups is 2. The van der Waals surface area contributed by atoms with Crippen LogP contribution in [0.2, 0.25) is 0 Å². The van der Waals surface area contributed by atoms with Crippen LogP contribution in [0.15, 0.2) is 78.4 Å². The van der Waals surface area contributed by atoms with Crippen molar-refractivity contribution in [2.75, 3.05) is 4.90 Å². The second-order valence-electron chi connectivity index (χ2n) is 10.6. The Kier molecular flexibility index (Phi) is 6.42. The molecule has 1 fully saturated rings. The minimum Gasteiger partial charge on any atom is -0.507 e. The van der Waals surface area contributed by atoms with Gasteiger partial charge < -0.3 is 5.11 Å². The molecule has 1 saturated heterocycles. The van der Waals surface area contributed by atoms with Gasteiger partial charge in [0.05, 0.1) is 11.6 Å². The van der Waals surface area contributed by atoms with Gasteiger partial charge in [-0.05, 0) is 58.7 Å². The molecule has 0 aliphatic carbocycles. The lowest BCUT2D eigenvalue weighted by Gasteiger charge is -2.26. The molecule has 1 aliphatic heterocycles. The number of benzene rings is 3. The first-order valence-electron chi connectivity index (χ1n) is 12.1. The third kappa shape index (κ3) is 4.53. The molecule has 1 heterocycles. The fourth-order valence-corrected chi connectivity index (χ4v) is 4.56. The van der Waals surface area contributed by atoms with E-state index in [0.717, 1.165) is 22.3 Å². The number of aryl methyl sites for hydroxylation is 1. The normalized spacial score (nSPS) is 17.9. The summed E-state index contributed by atoms with van der Waals surface area (Å²) in [5, 5.41) is 11.6. The van der Waals surface area contributed by atoms with Gasteiger partial charge in [0.25, 0.3) is 11.7 Å². The van der Waals surface area contributed by atoms with Crippen molar-refractivity contribution in [3.05, 3.63) is 106 Å². The standard InChI is InChI=1S/C31H33NO3/c1-19(2)21-13-16-24(17-14-21)32-27(22-10-8-7-9-11-22)26(29(34)30(32)35)28(33)25-18-23(31(4,5)6)15-12-20(25)3/h7-19,27,33H,1-6H3/b28-26+. The van der Waals surface area contributed by atoms with Crippen molar-refractivity contribution in [3.63, 3.8) is 0 Å². The molecule has 4 heteroatoms. The van der Waals surface area contributed by atoms with Crippen molar-refractivity contribution in [1.82, 2.24) is 0 Å². The van der Waals surface area contributed by atoms with Gasteiger partial charge in [-0.15, -0.1) is 0 Å². The molecular formula is C31H33NO3. The molecule has 4 rings (SSSR count). The molecule has 1 atom stereocenters. The highest BCUT2D eigenvalue weighted by atomic mass is 16.3. The average molecular weight is 468 g/mol. The summed E-state index contributed by atoms with van der Waals surface area (Å²) in [5.74, 6) is -1.10. The fourth-order valence-electron chi connectivity index (χ4n) is 4.56. The molecule has 0 radical (unpaired) electrons. The van der Waals surface area contributed by atoms with Crippen molar-refractivity contribution in [2.24, 2.45) is 0 Å². The van der Waals surface area contributed by atoms with E-state index < -0.39 is 17.7 Å². The van der Waals surface area contributed by atoms with Crippen LogP contribution in [0.25, 0.3) is 5.76 Å². The van der Waals surface area contributed by atoms with Gasteiger partial charge in [0.1, 0.15) is 5.76 Å². The number of ketones is 1. The van der Waals surface area contributed by atoms with Crippen molar-refractivity contribution in [2.45, 2.75) is 58.9 Å². The quantitative estimate of drug-likeness (QED) is 0.254. The van der Waals surface area contributed by atoms with Crippen LogP contribution >= 0.6 is 0 Å². The van der Waals surface area contributed by atoms with Gasteiger partial charge in [0.2, 0.25) is 0 Å². The number of amides is 1. The Hall–Kier alpha value is -3.66. The molecule has 0 bridgehead atoms. The first-order chi connectivity index (χ1) is 16.5. The van der Waals surface area contributed by atoms with E-state index in [1.165, 1.54) is 4.90 Å². The molecule has 3 aromatic rings. The topological polar surface area (TPSA) is 57.6 Å². The third-order valence-electron chi connectivity index (χ3n) is 6.76. The van der Waals surface area contributed by atoms with Gasteiger partial charge in [0.15, 0.2) is 0 Å². The Morgan fingerprint density at radius 2 is 1.54 bits per heavy atom. The number of carbonyl (C=O) groups excluding carboxylic acids is 2. The minimum absolute atomic E-state index is 0.114. The molecule has 35 heavy (non-hydrogen) atoms. The van der Waals surface area contributed by atoms with E-state index in [-0.39, 0.29) is 16.7 Å². The molecule has 1 N–H and O–H groups in total. The Morgan fingerprint density at radius 1 is 0.914 bits per heavy atom. The number of aliphatic hydroxyl groups excluding tert-OH is 1. The Balaban J connectivity index is 1.93. The summed E-state index contributed by atoms with van der Waals surface area (Å²) < 4.78 is 0. The summed E-state index contributed by atoms with van der Waals surface area (Å²) in [5.41, 5.74) is 4.99. The summed E-state index contributed by atoms with van der Waals surface area (Å²) in [6.07, 6.45) is 0. The highest BCUT2D eigenvalue weighted by Gasteiger charge is 2.47. The predicted molar refractivity (Wildman–Crippen MR) is 142 cm³/mol. The lowest BCUT2D eigenvalue weighted by molar-refractivity contribution is -0.132. The molecule has 0 saturated carbocycles. The van der Waals surface area contributed by atoms with E-state index in [4.69, 9.17) is 0 Å². The highest BCUT2D eigenvalue weighted by Crippen LogP contribution is 2.43. The van der Waals surface area contributed by atoms with Crippen LogP contribution in [0.3, 0.4) is 0 Å². The number of hydrogen-bond acceptors (Lipinski definition) is 3. The van der Waals surface area contributed by atoms with Crippen LogP contribution in [0.4, 0.5) is 5.69 Å². The van der Waals surface area contributed by atoms with Crippen molar-refractivity contribution >= 4 is 23.1 Å². The number of hydrogen-bond donors (Lipinski definition) is 1. The van der Waals surface area contributed by atoms with Crippen LogP contribution in [0.5, 0.6) is 0 Å². The Morgan fingerprint density at radius 3 is 2.11 bits per heavy atom. The lowest BCUT2D eigenvalue weighted by Crippen LogP contribution is -2.29.